The lowest BCUT2D eigenvalue weighted by atomic mass is 10.1. The van der Waals surface area contributed by atoms with Crippen molar-refractivity contribution in [1.82, 2.24) is 4.98 Å². The molecule has 2 rings (SSSR count). The number of anilines is 2. The lowest BCUT2D eigenvalue weighted by Crippen LogP contribution is -2.14. The molecule has 0 aliphatic heterocycles. The van der Waals surface area contributed by atoms with Crippen molar-refractivity contribution in [3.8, 4) is 0 Å². The van der Waals surface area contributed by atoms with E-state index in [0.717, 1.165) is 11.1 Å². The van der Waals surface area contributed by atoms with Crippen molar-refractivity contribution in [2.45, 2.75) is 13.3 Å². The highest BCUT2D eigenvalue weighted by Gasteiger charge is 2.06. The van der Waals surface area contributed by atoms with E-state index in [1.165, 1.54) is 6.20 Å². The van der Waals surface area contributed by atoms with Gasteiger partial charge in [-0.05, 0) is 36.2 Å². The van der Waals surface area contributed by atoms with Crippen molar-refractivity contribution in [2.75, 3.05) is 11.1 Å². The number of halogens is 1. The molecule has 1 aromatic carbocycles. The molecule has 1 aromatic heterocycles. The zero-order valence-electron chi connectivity index (χ0n) is 10.5. The molecule has 19 heavy (non-hydrogen) atoms. The van der Waals surface area contributed by atoms with Gasteiger partial charge < -0.3 is 11.1 Å². The predicted octanol–water partition coefficient (Wildman–Crippen LogP) is 2.81. The summed E-state index contributed by atoms with van der Waals surface area (Å²) in [6, 6.07) is 9.04. The van der Waals surface area contributed by atoms with Gasteiger partial charge in [0, 0.05) is 5.69 Å². The number of rotatable bonds is 3. The Morgan fingerprint density at radius 3 is 2.89 bits per heavy atom. The van der Waals surface area contributed by atoms with Gasteiger partial charge in [0.05, 0.1) is 18.3 Å². The van der Waals surface area contributed by atoms with Crippen LogP contribution in [-0.4, -0.2) is 10.9 Å². The summed E-state index contributed by atoms with van der Waals surface area (Å²) in [5.41, 5.74) is 8.64. The van der Waals surface area contributed by atoms with Gasteiger partial charge in [0.25, 0.3) is 0 Å². The monoisotopic (exact) mass is 275 g/mol. The van der Waals surface area contributed by atoms with E-state index < -0.39 is 0 Å². The van der Waals surface area contributed by atoms with Gasteiger partial charge in [-0.15, -0.1) is 0 Å². The second-order valence-corrected chi connectivity index (χ2v) is 4.66. The van der Waals surface area contributed by atoms with Crippen LogP contribution in [0, 0.1) is 6.92 Å². The third-order valence-electron chi connectivity index (χ3n) is 2.61. The van der Waals surface area contributed by atoms with Crippen molar-refractivity contribution in [2.24, 2.45) is 0 Å². The van der Waals surface area contributed by atoms with E-state index in [2.05, 4.69) is 10.3 Å². The molecule has 0 atom stereocenters. The third-order valence-corrected chi connectivity index (χ3v) is 3.01. The summed E-state index contributed by atoms with van der Waals surface area (Å²) in [6.45, 7) is 1.84. The maximum atomic E-state index is 11.9. The molecule has 3 N–H and O–H groups in total. The first-order valence-electron chi connectivity index (χ1n) is 5.81. The van der Waals surface area contributed by atoms with Gasteiger partial charge in [0.2, 0.25) is 5.91 Å². The summed E-state index contributed by atoms with van der Waals surface area (Å²) in [6.07, 6.45) is 1.80. The van der Waals surface area contributed by atoms with Gasteiger partial charge in [0.15, 0.2) is 0 Å². The molecule has 0 unspecified atom stereocenters. The number of aromatic nitrogens is 1. The fourth-order valence-electron chi connectivity index (χ4n) is 1.72. The van der Waals surface area contributed by atoms with E-state index in [4.69, 9.17) is 17.3 Å². The lowest BCUT2D eigenvalue weighted by Gasteiger charge is -2.07. The van der Waals surface area contributed by atoms with Gasteiger partial charge in [-0.25, -0.2) is 4.98 Å². The molecular formula is C14H14ClN3O. The van der Waals surface area contributed by atoms with Crippen LogP contribution in [0.25, 0.3) is 0 Å². The third kappa shape index (κ3) is 3.69. The Balaban J connectivity index is 2.03. The van der Waals surface area contributed by atoms with Crippen molar-refractivity contribution in [3.63, 3.8) is 0 Å². The minimum atomic E-state index is -0.117. The van der Waals surface area contributed by atoms with E-state index in [1.807, 2.05) is 19.1 Å². The highest BCUT2D eigenvalue weighted by Crippen LogP contribution is 2.16. The van der Waals surface area contributed by atoms with E-state index in [1.54, 1.807) is 18.2 Å². The van der Waals surface area contributed by atoms with Crippen molar-refractivity contribution in [3.05, 3.63) is 52.8 Å². The number of amides is 1. The molecule has 5 heteroatoms. The molecule has 0 bridgehead atoms. The number of carbonyl (C=O) groups excluding carboxylic acids is 1. The fraction of sp³-hybridized carbons (Fsp3) is 0.143. The number of nitrogens with one attached hydrogen (secondary N) is 1. The Kier molecular flexibility index (Phi) is 4.02. The lowest BCUT2D eigenvalue weighted by molar-refractivity contribution is -0.115. The quantitative estimate of drug-likeness (QED) is 0.668. The van der Waals surface area contributed by atoms with Crippen LogP contribution in [0.2, 0.25) is 5.15 Å². The zero-order valence-corrected chi connectivity index (χ0v) is 11.2. The van der Waals surface area contributed by atoms with Crippen LogP contribution in [0.15, 0.2) is 36.5 Å². The first kappa shape index (κ1) is 13.4. The molecule has 0 aliphatic rings. The van der Waals surface area contributed by atoms with Crippen LogP contribution < -0.4 is 11.1 Å². The molecule has 0 saturated carbocycles. The largest absolute Gasteiger partial charge is 0.399 e. The van der Waals surface area contributed by atoms with Crippen molar-refractivity contribution >= 4 is 28.9 Å². The van der Waals surface area contributed by atoms with E-state index in [0.29, 0.717) is 16.5 Å². The molecule has 0 radical (unpaired) electrons. The highest BCUT2D eigenvalue weighted by molar-refractivity contribution is 6.30. The number of carbonyl (C=O) groups is 1. The zero-order chi connectivity index (χ0) is 13.8. The SMILES string of the molecule is Cc1cc(NC(=O)Cc2cccc(N)c2)cnc1Cl. The summed E-state index contributed by atoms with van der Waals surface area (Å²) in [7, 11) is 0. The first-order valence-corrected chi connectivity index (χ1v) is 6.19. The topological polar surface area (TPSA) is 68.0 Å². The van der Waals surface area contributed by atoms with Gasteiger partial charge >= 0.3 is 0 Å². The Bertz CT molecular complexity index is 613. The fourth-order valence-corrected chi connectivity index (χ4v) is 1.82. The highest BCUT2D eigenvalue weighted by atomic mass is 35.5. The van der Waals surface area contributed by atoms with Gasteiger partial charge in [0.1, 0.15) is 5.15 Å². The van der Waals surface area contributed by atoms with Crippen LogP contribution in [0.5, 0.6) is 0 Å². The number of aryl methyl sites for hydroxylation is 1. The Morgan fingerprint density at radius 2 is 2.21 bits per heavy atom. The number of benzene rings is 1. The van der Waals surface area contributed by atoms with Crippen LogP contribution in [0.4, 0.5) is 11.4 Å². The van der Waals surface area contributed by atoms with E-state index in [9.17, 15) is 4.79 Å². The molecule has 0 saturated heterocycles. The molecule has 4 nitrogen and oxygen atoms in total. The second kappa shape index (κ2) is 5.71. The Labute approximate surface area is 116 Å². The van der Waals surface area contributed by atoms with Crippen molar-refractivity contribution in [1.29, 1.82) is 0 Å². The maximum absolute atomic E-state index is 11.9. The van der Waals surface area contributed by atoms with Crippen LogP contribution in [0.1, 0.15) is 11.1 Å². The average molecular weight is 276 g/mol. The molecule has 98 valence electrons. The molecule has 1 heterocycles. The molecule has 0 fully saturated rings. The van der Waals surface area contributed by atoms with E-state index >= 15 is 0 Å². The summed E-state index contributed by atoms with van der Waals surface area (Å²) < 4.78 is 0. The molecule has 2 aromatic rings. The summed E-state index contributed by atoms with van der Waals surface area (Å²) in [5, 5.41) is 3.22. The molecular weight excluding hydrogens is 262 g/mol. The number of pyridine rings is 1. The van der Waals surface area contributed by atoms with Gasteiger partial charge in [-0.3, -0.25) is 4.79 Å². The molecule has 1 amide bonds. The minimum absolute atomic E-state index is 0.117. The number of nitrogen functional groups attached to an aromatic ring is 1. The number of nitrogens with two attached hydrogens (primary N) is 1. The first-order chi connectivity index (χ1) is 9.04. The number of hydrogen-bond acceptors (Lipinski definition) is 3. The second-order valence-electron chi connectivity index (χ2n) is 4.30. The number of nitrogens with zero attached hydrogens (tertiary/aromatic N) is 1. The summed E-state index contributed by atoms with van der Waals surface area (Å²) >= 11 is 5.83. The summed E-state index contributed by atoms with van der Waals surface area (Å²) in [5.74, 6) is -0.117. The smallest absolute Gasteiger partial charge is 0.228 e. The number of hydrogen-bond donors (Lipinski definition) is 2. The maximum Gasteiger partial charge on any atom is 0.228 e. The van der Waals surface area contributed by atoms with Crippen molar-refractivity contribution < 1.29 is 4.79 Å². The van der Waals surface area contributed by atoms with E-state index in [-0.39, 0.29) is 12.3 Å². The Morgan fingerprint density at radius 1 is 1.42 bits per heavy atom. The normalized spacial score (nSPS) is 10.2. The predicted molar refractivity (Wildman–Crippen MR) is 77.2 cm³/mol. The van der Waals surface area contributed by atoms with Gasteiger partial charge in [-0.2, -0.15) is 0 Å². The van der Waals surface area contributed by atoms with Gasteiger partial charge in [-0.1, -0.05) is 23.7 Å². The molecule has 0 aliphatic carbocycles. The summed E-state index contributed by atoms with van der Waals surface area (Å²) in [4.78, 5) is 15.9. The standard InChI is InChI=1S/C14H14ClN3O/c1-9-5-12(8-17-14(9)15)18-13(19)7-10-3-2-4-11(16)6-10/h2-6,8H,7,16H2,1H3,(H,18,19). The molecule has 0 spiro atoms. The van der Waals surface area contributed by atoms with Crippen LogP contribution >= 0.6 is 11.6 Å². The van der Waals surface area contributed by atoms with Crippen LogP contribution in [0.3, 0.4) is 0 Å². The Hall–Kier alpha value is -2.07. The average Bonchev–Trinajstić information content (AvgIpc) is 2.34. The van der Waals surface area contributed by atoms with Crippen LogP contribution in [-0.2, 0) is 11.2 Å². The minimum Gasteiger partial charge on any atom is -0.399 e.